The van der Waals surface area contributed by atoms with Crippen molar-refractivity contribution in [3.8, 4) is 17.2 Å². The fraction of sp³-hybridized carbons (Fsp3) is 0.400. The number of phenols is 1. The quantitative estimate of drug-likeness (QED) is 0.841. The van der Waals surface area contributed by atoms with Gasteiger partial charge in [0.2, 0.25) is 0 Å². The summed E-state index contributed by atoms with van der Waals surface area (Å²) in [4.78, 5) is 0. The second-order valence-electron chi connectivity index (χ2n) is 2.62. The summed E-state index contributed by atoms with van der Waals surface area (Å²) in [6.45, 7) is 4.78. The number of hydrogen-bond acceptors (Lipinski definition) is 3. The van der Waals surface area contributed by atoms with Gasteiger partial charge in [-0.15, -0.1) is 0 Å². The highest BCUT2D eigenvalue weighted by Gasteiger charge is 2.09. The molecule has 4 heteroatoms. The number of benzene rings is 1. The highest BCUT2D eigenvalue weighted by molar-refractivity contribution is 6.32. The molecule has 1 rings (SSSR count). The number of rotatable bonds is 4. The van der Waals surface area contributed by atoms with Crippen LogP contribution in [-0.4, -0.2) is 18.3 Å². The summed E-state index contributed by atoms with van der Waals surface area (Å²) < 4.78 is 10.6. The molecule has 3 nitrogen and oxygen atoms in total. The maximum absolute atomic E-state index is 9.35. The summed E-state index contributed by atoms with van der Waals surface area (Å²) >= 11 is 5.74. The molecular weight excluding hydrogens is 204 g/mol. The van der Waals surface area contributed by atoms with E-state index < -0.39 is 0 Å². The molecule has 0 radical (unpaired) electrons. The molecule has 0 atom stereocenters. The molecule has 14 heavy (non-hydrogen) atoms. The molecule has 0 aliphatic rings. The molecule has 0 saturated heterocycles. The van der Waals surface area contributed by atoms with Crippen molar-refractivity contribution < 1.29 is 14.6 Å². The van der Waals surface area contributed by atoms with E-state index in [1.165, 1.54) is 6.07 Å². The number of halogens is 1. The molecule has 0 aromatic heterocycles. The molecule has 0 saturated carbocycles. The van der Waals surface area contributed by atoms with Gasteiger partial charge in [0.15, 0.2) is 11.5 Å². The van der Waals surface area contributed by atoms with E-state index in [9.17, 15) is 5.11 Å². The first kappa shape index (κ1) is 11.0. The van der Waals surface area contributed by atoms with Gasteiger partial charge < -0.3 is 14.6 Å². The van der Waals surface area contributed by atoms with E-state index in [4.69, 9.17) is 21.1 Å². The molecule has 0 heterocycles. The van der Waals surface area contributed by atoms with Crippen LogP contribution in [0.1, 0.15) is 13.8 Å². The van der Waals surface area contributed by atoms with Crippen LogP contribution >= 0.6 is 11.6 Å². The van der Waals surface area contributed by atoms with Crippen molar-refractivity contribution in [2.24, 2.45) is 0 Å². The zero-order valence-electron chi connectivity index (χ0n) is 8.21. The van der Waals surface area contributed by atoms with E-state index in [1.54, 1.807) is 6.07 Å². The zero-order chi connectivity index (χ0) is 10.6. The van der Waals surface area contributed by atoms with Crippen LogP contribution in [0, 0.1) is 0 Å². The van der Waals surface area contributed by atoms with Crippen LogP contribution in [0.15, 0.2) is 12.1 Å². The van der Waals surface area contributed by atoms with Crippen LogP contribution in [0.5, 0.6) is 17.2 Å². The maximum Gasteiger partial charge on any atom is 0.164 e. The predicted molar refractivity (Wildman–Crippen MR) is 55.5 cm³/mol. The van der Waals surface area contributed by atoms with Gasteiger partial charge >= 0.3 is 0 Å². The van der Waals surface area contributed by atoms with E-state index in [-0.39, 0.29) is 10.8 Å². The fourth-order valence-electron chi connectivity index (χ4n) is 1.06. The number of phenolic OH excluding ortho intramolecular Hbond substituents is 1. The summed E-state index contributed by atoms with van der Waals surface area (Å²) in [7, 11) is 0. The van der Waals surface area contributed by atoms with Crippen molar-refractivity contribution in [3.63, 3.8) is 0 Å². The van der Waals surface area contributed by atoms with Gasteiger partial charge in [0.05, 0.1) is 18.2 Å². The van der Waals surface area contributed by atoms with Gasteiger partial charge in [-0.3, -0.25) is 0 Å². The third-order valence-electron chi connectivity index (χ3n) is 1.61. The summed E-state index contributed by atoms with van der Waals surface area (Å²) in [5.41, 5.74) is 0. The largest absolute Gasteiger partial charge is 0.506 e. The predicted octanol–water partition coefficient (Wildman–Crippen LogP) is 2.84. The molecule has 0 bridgehead atoms. The van der Waals surface area contributed by atoms with Crippen molar-refractivity contribution in [3.05, 3.63) is 17.2 Å². The smallest absolute Gasteiger partial charge is 0.164 e. The third-order valence-corrected chi connectivity index (χ3v) is 1.92. The molecule has 1 aromatic carbocycles. The molecule has 1 aromatic rings. The summed E-state index contributed by atoms with van der Waals surface area (Å²) in [5, 5.41) is 9.61. The Morgan fingerprint density at radius 3 is 2.14 bits per heavy atom. The van der Waals surface area contributed by atoms with E-state index >= 15 is 0 Å². The average Bonchev–Trinajstić information content (AvgIpc) is 2.14. The van der Waals surface area contributed by atoms with Crippen molar-refractivity contribution in [1.82, 2.24) is 0 Å². The first-order valence-corrected chi connectivity index (χ1v) is 4.85. The van der Waals surface area contributed by atoms with Gasteiger partial charge in [-0.25, -0.2) is 0 Å². The van der Waals surface area contributed by atoms with E-state index in [0.717, 1.165) is 0 Å². The van der Waals surface area contributed by atoms with Crippen molar-refractivity contribution >= 4 is 11.6 Å². The lowest BCUT2D eigenvalue weighted by atomic mass is 10.3. The van der Waals surface area contributed by atoms with Crippen molar-refractivity contribution in [2.45, 2.75) is 13.8 Å². The number of ether oxygens (including phenoxy) is 2. The van der Waals surface area contributed by atoms with Crippen LogP contribution in [0.2, 0.25) is 5.02 Å². The molecule has 0 amide bonds. The molecular formula is C10H13ClO3. The molecule has 0 fully saturated rings. The standard InChI is InChI=1S/C10H13ClO3/c1-3-13-9-5-7(11)8(12)6-10(9)14-4-2/h5-6,12H,3-4H2,1-2H3. The monoisotopic (exact) mass is 216 g/mol. The van der Waals surface area contributed by atoms with Crippen molar-refractivity contribution in [2.75, 3.05) is 13.2 Å². The molecule has 0 spiro atoms. The molecule has 0 aliphatic heterocycles. The van der Waals surface area contributed by atoms with Gasteiger partial charge in [0.25, 0.3) is 0 Å². The Morgan fingerprint density at radius 1 is 1.14 bits per heavy atom. The van der Waals surface area contributed by atoms with Crippen molar-refractivity contribution in [1.29, 1.82) is 0 Å². The summed E-state index contributed by atoms with van der Waals surface area (Å²) in [6, 6.07) is 3.00. The lowest BCUT2D eigenvalue weighted by Gasteiger charge is -2.11. The minimum atomic E-state index is -0.00132. The Kier molecular flexibility index (Phi) is 3.89. The first-order valence-electron chi connectivity index (χ1n) is 4.47. The van der Waals surface area contributed by atoms with Crippen LogP contribution in [0.25, 0.3) is 0 Å². The lowest BCUT2D eigenvalue weighted by molar-refractivity contribution is 0.286. The second-order valence-corrected chi connectivity index (χ2v) is 3.02. The second kappa shape index (κ2) is 4.96. The van der Waals surface area contributed by atoms with Crippen LogP contribution in [0.4, 0.5) is 0 Å². The fourth-order valence-corrected chi connectivity index (χ4v) is 1.21. The Bertz CT molecular complexity index is 281. The minimum absolute atomic E-state index is 0.00132. The highest BCUT2D eigenvalue weighted by Crippen LogP contribution is 2.36. The van der Waals surface area contributed by atoms with Crippen LogP contribution in [-0.2, 0) is 0 Å². The van der Waals surface area contributed by atoms with E-state index in [1.807, 2.05) is 13.8 Å². The Labute approximate surface area is 88.2 Å². The van der Waals surface area contributed by atoms with Gasteiger partial charge in [-0.2, -0.15) is 0 Å². The van der Waals surface area contributed by atoms with Crippen LogP contribution < -0.4 is 9.47 Å². The SMILES string of the molecule is CCOc1cc(O)c(Cl)cc1OCC. The van der Waals surface area contributed by atoms with Gasteiger partial charge in [0, 0.05) is 12.1 Å². The minimum Gasteiger partial charge on any atom is -0.506 e. The third kappa shape index (κ3) is 2.45. The van der Waals surface area contributed by atoms with Gasteiger partial charge in [0.1, 0.15) is 5.75 Å². The van der Waals surface area contributed by atoms with Gasteiger partial charge in [-0.05, 0) is 13.8 Å². The van der Waals surface area contributed by atoms with Crippen LogP contribution in [0.3, 0.4) is 0 Å². The Morgan fingerprint density at radius 2 is 1.64 bits per heavy atom. The average molecular weight is 217 g/mol. The molecule has 78 valence electrons. The number of hydrogen-bond donors (Lipinski definition) is 1. The van der Waals surface area contributed by atoms with E-state index in [0.29, 0.717) is 24.7 Å². The van der Waals surface area contributed by atoms with E-state index in [2.05, 4.69) is 0 Å². The topological polar surface area (TPSA) is 38.7 Å². The highest BCUT2D eigenvalue weighted by atomic mass is 35.5. The lowest BCUT2D eigenvalue weighted by Crippen LogP contribution is -1.98. The molecule has 0 unspecified atom stereocenters. The maximum atomic E-state index is 9.35. The Hall–Kier alpha value is -1.09. The summed E-state index contributed by atoms with van der Waals surface area (Å²) in [5.74, 6) is 1.06. The summed E-state index contributed by atoms with van der Waals surface area (Å²) in [6.07, 6.45) is 0. The molecule has 0 aliphatic carbocycles. The van der Waals surface area contributed by atoms with Gasteiger partial charge in [-0.1, -0.05) is 11.6 Å². The number of aromatic hydroxyl groups is 1. The first-order chi connectivity index (χ1) is 6.69. The normalized spacial score (nSPS) is 9.93. The Balaban J connectivity index is 3.03. The zero-order valence-corrected chi connectivity index (χ0v) is 8.97. The molecule has 1 N–H and O–H groups in total.